The fraction of sp³-hybridized carbons (Fsp3) is 0.682. The van der Waals surface area contributed by atoms with Crippen LogP contribution in [-0.4, -0.2) is 67.7 Å². The first-order chi connectivity index (χ1) is 13.1. The maximum absolute atomic E-state index is 5.95. The van der Waals surface area contributed by atoms with Gasteiger partial charge in [0.2, 0.25) is 0 Å². The monoisotopic (exact) mass is 374 g/mol. The van der Waals surface area contributed by atoms with E-state index >= 15 is 0 Å². The lowest BCUT2D eigenvalue weighted by atomic mass is 10.1. The molecule has 1 aromatic carbocycles. The number of aliphatic imine (C=N–C) groups is 1. The van der Waals surface area contributed by atoms with Gasteiger partial charge >= 0.3 is 0 Å². The van der Waals surface area contributed by atoms with Gasteiger partial charge in [0, 0.05) is 38.1 Å². The molecule has 1 aliphatic heterocycles. The van der Waals surface area contributed by atoms with E-state index in [9.17, 15) is 0 Å². The van der Waals surface area contributed by atoms with Crippen LogP contribution in [-0.2, 0) is 11.3 Å². The number of likely N-dealkylation sites (N-methyl/N-ethyl adjacent to an activating group) is 1. The molecule has 0 aliphatic carbocycles. The molecule has 1 heterocycles. The quantitative estimate of drug-likeness (QED) is 0.504. The highest BCUT2D eigenvalue weighted by Gasteiger charge is 2.25. The summed E-state index contributed by atoms with van der Waals surface area (Å²) in [4.78, 5) is 9.73. The van der Waals surface area contributed by atoms with Crippen LogP contribution in [0.2, 0.25) is 0 Å². The first-order valence-corrected chi connectivity index (χ1v) is 10.5. The van der Waals surface area contributed by atoms with Gasteiger partial charge in [0.15, 0.2) is 5.96 Å². The van der Waals surface area contributed by atoms with Gasteiger partial charge in [-0.1, -0.05) is 37.3 Å². The fourth-order valence-electron chi connectivity index (χ4n) is 3.57. The third-order valence-corrected chi connectivity index (χ3v) is 5.17. The Balaban J connectivity index is 1.77. The minimum absolute atomic E-state index is 0.575. The molecule has 1 N–H and O–H groups in total. The van der Waals surface area contributed by atoms with Crippen molar-refractivity contribution in [3.05, 3.63) is 35.9 Å². The second kappa shape index (κ2) is 12.0. The normalized spacial score (nSPS) is 17.9. The number of ether oxygens (including phenoxy) is 1. The molecular weight excluding hydrogens is 336 g/mol. The van der Waals surface area contributed by atoms with Gasteiger partial charge in [-0.05, 0) is 39.3 Å². The largest absolute Gasteiger partial charge is 0.376 e. The number of nitrogens with one attached hydrogen (secondary N) is 1. The molecule has 1 aliphatic rings. The minimum Gasteiger partial charge on any atom is -0.376 e. The molecule has 0 aromatic heterocycles. The Morgan fingerprint density at radius 2 is 2.07 bits per heavy atom. The summed E-state index contributed by atoms with van der Waals surface area (Å²) in [6, 6.07) is 11.0. The molecule has 1 saturated heterocycles. The van der Waals surface area contributed by atoms with Gasteiger partial charge in [-0.25, -0.2) is 0 Å². The van der Waals surface area contributed by atoms with Crippen molar-refractivity contribution in [2.75, 3.05) is 45.9 Å². The molecule has 1 aromatic rings. The summed E-state index contributed by atoms with van der Waals surface area (Å²) in [5.74, 6) is 1.64. The maximum Gasteiger partial charge on any atom is 0.193 e. The summed E-state index contributed by atoms with van der Waals surface area (Å²) in [5, 5.41) is 3.46. The van der Waals surface area contributed by atoms with Crippen molar-refractivity contribution in [3.8, 4) is 0 Å². The van der Waals surface area contributed by atoms with Crippen molar-refractivity contribution in [1.29, 1.82) is 0 Å². The summed E-state index contributed by atoms with van der Waals surface area (Å²) in [7, 11) is 0. The van der Waals surface area contributed by atoms with Gasteiger partial charge in [-0.3, -0.25) is 9.89 Å². The predicted molar refractivity (Wildman–Crippen MR) is 114 cm³/mol. The molecule has 5 heteroatoms. The second-order valence-corrected chi connectivity index (χ2v) is 7.56. The Morgan fingerprint density at radius 1 is 1.30 bits per heavy atom. The summed E-state index contributed by atoms with van der Waals surface area (Å²) in [6.45, 7) is 16.3. The SMILES string of the molecule is CCNC(=NCCN(CC)C(C)C)N1CCC(COCc2ccccc2)C1. The van der Waals surface area contributed by atoms with Crippen LogP contribution in [0.4, 0.5) is 0 Å². The van der Waals surface area contributed by atoms with Crippen LogP contribution in [0, 0.1) is 5.92 Å². The minimum atomic E-state index is 0.575. The summed E-state index contributed by atoms with van der Waals surface area (Å²) in [5.41, 5.74) is 1.24. The second-order valence-electron chi connectivity index (χ2n) is 7.56. The molecule has 0 radical (unpaired) electrons. The summed E-state index contributed by atoms with van der Waals surface area (Å²) < 4.78 is 5.95. The average molecular weight is 375 g/mol. The lowest BCUT2D eigenvalue weighted by Crippen LogP contribution is -2.41. The number of nitrogens with zero attached hydrogens (tertiary/aromatic N) is 3. The topological polar surface area (TPSA) is 40.1 Å². The van der Waals surface area contributed by atoms with Gasteiger partial charge in [0.25, 0.3) is 0 Å². The molecule has 1 unspecified atom stereocenters. The number of likely N-dealkylation sites (tertiary alicyclic amines) is 1. The van der Waals surface area contributed by atoms with Gasteiger partial charge in [-0.15, -0.1) is 0 Å². The van der Waals surface area contributed by atoms with E-state index in [4.69, 9.17) is 9.73 Å². The lowest BCUT2D eigenvalue weighted by molar-refractivity contribution is 0.0906. The molecule has 152 valence electrons. The van der Waals surface area contributed by atoms with Gasteiger partial charge in [-0.2, -0.15) is 0 Å². The highest BCUT2D eigenvalue weighted by Crippen LogP contribution is 2.17. The molecule has 5 nitrogen and oxygen atoms in total. The Morgan fingerprint density at radius 3 is 2.74 bits per heavy atom. The van der Waals surface area contributed by atoms with Crippen LogP contribution in [0.25, 0.3) is 0 Å². The average Bonchev–Trinajstić information content (AvgIpc) is 3.13. The van der Waals surface area contributed by atoms with Crippen molar-refractivity contribution in [1.82, 2.24) is 15.1 Å². The number of hydrogen-bond acceptors (Lipinski definition) is 3. The number of guanidine groups is 1. The van der Waals surface area contributed by atoms with Crippen LogP contribution >= 0.6 is 0 Å². The highest BCUT2D eigenvalue weighted by atomic mass is 16.5. The van der Waals surface area contributed by atoms with E-state index in [0.29, 0.717) is 18.6 Å². The molecular formula is C22H38N4O. The Hall–Kier alpha value is -1.59. The molecule has 0 spiro atoms. The third-order valence-electron chi connectivity index (χ3n) is 5.17. The summed E-state index contributed by atoms with van der Waals surface area (Å²) >= 11 is 0. The van der Waals surface area contributed by atoms with E-state index in [-0.39, 0.29) is 0 Å². The predicted octanol–water partition coefficient (Wildman–Crippen LogP) is 3.22. The van der Waals surface area contributed by atoms with Gasteiger partial charge in [0.05, 0.1) is 19.8 Å². The Labute approximate surface area is 165 Å². The van der Waals surface area contributed by atoms with Crippen LogP contribution in [0.5, 0.6) is 0 Å². The third kappa shape index (κ3) is 7.51. The molecule has 1 atom stereocenters. The Bertz CT molecular complexity index is 547. The van der Waals surface area contributed by atoms with E-state index in [2.05, 4.69) is 67.1 Å². The highest BCUT2D eigenvalue weighted by molar-refractivity contribution is 5.80. The zero-order valence-corrected chi connectivity index (χ0v) is 17.7. The summed E-state index contributed by atoms with van der Waals surface area (Å²) in [6.07, 6.45) is 1.17. The van der Waals surface area contributed by atoms with Crippen molar-refractivity contribution in [2.24, 2.45) is 10.9 Å². The van der Waals surface area contributed by atoms with Gasteiger partial charge in [0.1, 0.15) is 0 Å². The van der Waals surface area contributed by atoms with Crippen molar-refractivity contribution in [3.63, 3.8) is 0 Å². The first-order valence-electron chi connectivity index (χ1n) is 10.5. The maximum atomic E-state index is 5.95. The zero-order valence-electron chi connectivity index (χ0n) is 17.7. The zero-order chi connectivity index (χ0) is 19.5. The molecule has 0 saturated carbocycles. The molecule has 1 fully saturated rings. The van der Waals surface area contributed by atoms with Crippen molar-refractivity contribution in [2.45, 2.75) is 46.8 Å². The van der Waals surface area contributed by atoms with Crippen molar-refractivity contribution < 1.29 is 4.74 Å². The van der Waals surface area contributed by atoms with Crippen LogP contribution in [0.15, 0.2) is 35.3 Å². The van der Waals surface area contributed by atoms with Crippen LogP contribution in [0.3, 0.4) is 0 Å². The number of hydrogen-bond donors (Lipinski definition) is 1. The Kier molecular flexibility index (Phi) is 9.64. The smallest absolute Gasteiger partial charge is 0.193 e. The van der Waals surface area contributed by atoms with Gasteiger partial charge < -0.3 is 15.0 Å². The standard InChI is InChI=1S/C22H38N4O/c1-5-23-22(24-13-15-25(6-2)19(3)4)26-14-12-21(16-26)18-27-17-20-10-8-7-9-11-20/h7-11,19,21H,5-6,12-18H2,1-4H3,(H,23,24). The van der Waals surface area contributed by atoms with Crippen LogP contribution in [0.1, 0.15) is 39.7 Å². The van der Waals surface area contributed by atoms with E-state index in [1.165, 1.54) is 12.0 Å². The van der Waals surface area contributed by atoms with Crippen LogP contribution < -0.4 is 5.32 Å². The van der Waals surface area contributed by atoms with E-state index < -0.39 is 0 Å². The van der Waals surface area contributed by atoms with Crippen molar-refractivity contribution >= 4 is 5.96 Å². The van der Waals surface area contributed by atoms with E-state index in [1.54, 1.807) is 0 Å². The van der Waals surface area contributed by atoms with E-state index in [0.717, 1.165) is 51.8 Å². The molecule has 0 amide bonds. The number of benzene rings is 1. The number of rotatable bonds is 10. The molecule has 27 heavy (non-hydrogen) atoms. The molecule has 2 rings (SSSR count). The molecule has 0 bridgehead atoms. The first kappa shape index (κ1) is 21.7. The fourth-order valence-corrected chi connectivity index (χ4v) is 3.57. The van der Waals surface area contributed by atoms with E-state index in [1.807, 2.05) is 6.07 Å². The lowest BCUT2D eigenvalue weighted by Gasteiger charge is -2.25.